The zero-order valence-electron chi connectivity index (χ0n) is 13.2. The third-order valence-electron chi connectivity index (χ3n) is 3.76. The summed E-state index contributed by atoms with van der Waals surface area (Å²) in [5.41, 5.74) is 2.48. The Morgan fingerprint density at radius 2 is 1.90 bits per heavy atom. The number of hydrogen-bond acceptors (Lipinski definition) is 3. The summed E-state index contributed by atoms with van der Waals surface area (Å²) in [4.78, 5) is 0. The van der Waals surface area contributed by atoms with E-state index in [4.69, 9.17) is 9.47 Å². The Labute approximate surface area is 126 Å². The van der Waals surface area contributed by atoms with Gasteiger partial charge in [0.05, 0.1) is 14.2 Å². The van der Waals surface area contributed by atoms with E-state index in [1.807, 2.05) is 12.1 Å². The van der Waals surface area contributed by atoms with Gasteiger partial charge in [0.15, 0.2) is 11.5 Å². The van der Waals surface area contributed by atoms with Crippen molar-refractivity contribution in [1.29, 1.82) is 0 Å². The fourth-order valence-electron chi connectivity index (χ4n) is 2.42. The predicted octanol–water partition coefficient (Wildman–Crippen LogP) is 3.38. The van der Waals surface area contributed by atoms with Gasteiger partial charge in [0.2, 0.25) is 0 Å². The number of aryl methyl sites for hydroxylation is 1. The largest absolute Gasteiger partial charge is 0.493 e. The van der Waals surface area contributed by atoms with Crippen molar-refractivity contribution in [3.63, 3.8) is 0 Å². The van der Waals surface area contributed by atoms with Crippen LogP contribution in [-0.4, -0.2) is 18.8 Å². The molecule has 4 heteroatoms. The second-order valence-corrected chi connectivity index (χ2v) is 5.00. The number of hydrogen-bond donors (Lipinski definition) is 1. The highest BCUT2D eigenvalue weighted by Crippen LogP contribution is 2.29. The van der Waals surface area contributed by atoms with Gasteiger partial charge in [-0.15, -0.1) is 0 Å². The van der Waals surface area contributed by atoms with E-state index in [0.29, 0.717) is 0 Å². The van der Waals surface area contributed by atoms with E-state index >= 15 is 0 Å². The Morgan fingerprint density at radius 3 is 2.57 bits per heavy atom. The molecule has 0 amide bonds. The molecule has 1 aromatic carbocycles. The molecule has 0 spiro atoms. The van der Waals surface area contributed by atoms with E-state index in [2.05, 4.69) is 48.1 Å². The molecule has 0 aliphatic carbocycles. The van der Waals surface area contributed by atoms with Crippen LogP contribution in [0.1, 0.15) is 31.1 Å². The summed E-state index contributed by atoms with van der Waals surface area (Å²) in [6, 6.07) is 10.5. The predicted molar refractivity (Wildman–Crippen MR) is 84.9 cm³/mol. The Balaban J connectivity index is 2.05. The molecule has 1 N–H and O–H groups in total. The second-order valence-electron chi connectivity index (χ2n) is 5.00. The van der Waals surface area contributed by atoms with E-state index in [0.717, 1.165) is 24.6 Å². The molecule has 1 aromatic heterocycles. The monoisotopic (exact) mass is 288 g/mol. The van der Waals surface area contributed by atoms with Crippen molar-refractivity contribution < 1.29 is 9.47 Å². The molecule has 0 saturated heterocycles. The van der Waals surface area contributed by atoms with Crippen LogP contribution in [0.2, 0.25) is 0 Å². The number of benzene rings is 1. The molecule has 0 radical (unpaired) electrons. The summed E-state index contributed by atoms with van der Waals surface area (Å²) < 4.78 is 12.9. The summed E-state index contributed by atoms with van der Waals surface area (Å²) in [5, 5.41) is 3.55. The van der Waals surface area contributed by atoms with Crippen LogP contribution in [0.15, 0.2) is 36.5 Å². The van der Waals surface area contributed by atoms with Gasteiger partial charge in [0.1, 0.15) is 0 Å². The lowest BCUT2D eigenvalue weighted by Crippen LogP contribution is -2.20. The van der Waals surface area contributed by atoms with Gasteiger partial charge in [0.25, 0.3) is 0 Å². The van der Waals surface area contributed by atoms with Gasteiger partial charge >= 0.3 is 0 Å². The van der Waals surface area contributed by atoms with Crippen LogP contribution in [0.4, 0.5) is 0 Å². The van der Waals surface area contributed by atoms with Crippen molar-refractivity contribution in [1.82, 2.24) is 9.88 Å². The van der Waals surface area contributed by atoms with Gasteiger partial charge in [0, 0.05) is 31.0 Å². The highest BCUT2D eigenvalue weighted by molar-refractivity contribution is 5.43. The first-order chi connectivity index (χ1) is 10.2. The van der Waals surface area contributed by atoms with E-state index < -0.39 is 0 Å². The molecule has 0 saturated carbocycles. The molecule has 1 atom stereocenters. The molecule has 0 fully saturated rings. The Kier molecular flexibility index (Phi) is 5.28. The highest BCUT2D eigenvalue weighted by Gasteiger charge is 2.10. The lowest BCUT2D eigenvalue weighted by Gasteiger charge is -2.17. The molecule has 4 nitrogen and oxygen atoms in total. The lowest BCUT2D eigenvalue weighted by atomic mass is 10.1. The van der Waals surface area contributed by atoms with Gasteiger partial charge in [-0.25, -0.2) is 0 Å². The van der Waals surface area contributed by atoms with Gasteiger partial charge in [-0.3, -0.25) is 0 Å². The standard InChI is InChI=1S/C17H24N2O2/c1-5-19-10-6-7-15(19)12-18-13(2)14-8-9-16(20-3)17(11-14)21-4/h6-11,13,18H,5,12H2,1-4H3. The van der Waals surface area contributed by atoms with Crippen LogP contribution in [0.5, 0.6) is 11.5 Å². The number of methoxy groups -OCH3 is 2. The maximum absolute atomic E-state index is 5.36. The summed E-state index contributed by atoms with van der Waals surface area (Å²) in [6.07, 6.45) is 2.11. The summed E-state index contributed by atoms with van der Waals surface area (Å²) in [5.74, 6) is 1.52. The second kappa shape index (κ2) is 7.18. The van der Waals surface area contributed by atoms with E-state index in [1.165, 1.54) is 11.3 Å². The van der Waals surface area contributed by atoms with Gasteiger partial charge in [-0.2, -0.15) is 0 Å². The zero-order chi connectivity index (χ0) is 15.2. The summed E-state index contributed by atoms with van der Waals surface area (Å²) >= 11 is 0. The minimum absolute atomic E-state index is 0.241. The molecule has 0 bridgehead atoms. The Morgan fingerprint density at radius 1 is 1.14 bits per heavy atom. The number of ether oxygens (including phenoxy) is 2. The van der Waals surface area contributed by atoms with Gasteiger partial charge in [-0.1, -0.05) is 6.07 Å². The first-order valence-electron chi connectivity index (χ1n) is 7.29. The summed E-state index contributed by atoms with van der Waals surface area (Å²) in [6.45, 7) is 6.15. The molecule has 0 aliphatic heterocycles. The molecule has 2 aromatic rings. The first kappa shape index (κ1) is 15.4. The fourth-order valence-corrected chi connectivity index (χ4v) is 2.42. The molecule has 0 aliphatic rings. The van der Waals surface area contributed by atoms with Crippen molar-refractivity contribution in [2.24, 2.45) is 0 Å². The van der Waals surface area contributed by atoms with Crippen LogP contribution >= 0.6 is 0 Å². The fraction of sp³-hybridized carbons (Fsp3) is 0.412. The van der Waals surface area contributed by atoms with E-state index in [-0.39, 0.29) is 6.04 Å². The molecule has 21 heavy (non-hydrogen) atoms. The highest BCUT2D eigenvalue weighted by atomic mass is 16.5. The average Bonchev–Trinajstić information content (AvgIpc) is 2.99. The number of nitrogens with one attached hydrogen (secondary N) is 1. The van der Waals surface area contributed by atoms with Crippen molar-refractivity contribution in [3.8, 4) is 11.5 Å². The number of aromatic nitrogens is 1. The summed E-state index contributed by atoms with van der Waals surface area (Å²) in [7, 11) is 3.31. The maximum atomic E-state index is 5.36. The average molecular weight is 288 g/mol. The third kappa shape index (κ3) is 3.58. The van der Waals surface area contributed by atoms with Crippen LogP contribution in [-0.2, 0) is 13.1 Å². The Bertz CT molecular complexity index is 578. The van der Waals surface area contributed by atoms with Crippen molar-refractivity contribution in [3.05, 3.63) is 47.8 Å². The van der Waals surface area contributed by atoms with Crippen molar-refractivity contribution in [2.45, 2.75) is 33.0 Å². The number of nitrogens with zero attached hydrogens (tertiary/aromatic N) is 1. The van der Waals surface area contributed by atoms with Crippen LogP contribution < -0.4 is 14.8 Å². The van der Waals surface area contributed by atoms with Crippen molar-refractivity contribution >= 4 is 0 Å². The molecular formula is C17H24N2O2. The Hall–Kier alpha value is -1.94. The van der Waals surface area contributed by atoms with E-state index in [1.54, 1.807) is 14.2 Å². The minimum atomic E-state index is 0.241. The topological polar surface area (TPSA) is 35.4 Å². The van der Waals surface area contributed by atoms with Crippen LogP contribution in [0.25, 0.3) is 0 Å². The first-order valence-corrected chi connectivity index (χ1v) is 7.29. The van der Waals surface area contributed by atoms with Crippen LogP contribution in [0.3, 0.4) is 0 Å². The maximum Gasteiger partial charge on any atom is 0.161 e. The zero-order valence-corrected chi connectivity index (χ0v) is 13.2. The molecule has 1 heterocycles. The smallest absolute Gasteiger partial charge is 0.161 e. The molecule has 114 valence electrons. The molecule has 2 rings (SSSR count). The van der Waals surface area contributed by atoms with Crippen LogP contribution in [0, 0.1) is 0 Å². The minimum Gasteiger partial charge on any atom is -0.493 e. The van der Waals surface area contributed by atoms with Crippen molar-refractivity contribution in [2.75, 3.05) is 14.2 Å². The quantitative estimate of drug-likeness (QED) is 0.848. The van der Waals surface area contributed by atoms with E-state index in [9.17, 15) is 0 Å². The normalized spacial score (nSPS) is 12.2. The number of rotatable bonds is 7. The van der Waals surface area contributed by atoms with Gasteiger partial charge < -0.3 is 19.4 Å². The molecule has 1 unspecified atom stereocenters. The van der Waals surface area contributed by atoms with Gasteiger partial charge in [-0.05, 0) is 43.7 Å². The SMILES string of the molecule is CCn1cccc1CNC(C)c1ccc(OC)c(OC)c1. The molecular weight excluding hydrogens is 264 g/mol. The lowest BCUT2D eigenvalue weighted by molar-refractivity contribution is 0.354. The third-order valence-corrected chi connectivity index (χ3v) is 3.76.